The van der Waals surface area contributed by atoms with Crippen LogP contribution in [-0.2, 0) is 0 Å². The predicted octanol–water partition coefficient (Wildman–Crippen LogP) is 3.83. The molecule has 1 aliphatic heterocycles. The van der Waals surface area contributed by atoms with E-state index in [2.05, 4.69) is 51.7 Å². The van der Waals surface area contributed by atoms with Crippen molar-refractivity contribution in [3.05, 3.63) is 48.4 Å². The fraction of sp³-hybridized carbons (Fsp3) is 0.294. The van der Waals surface area contributed by atoms with E-state index in [0.29, 0.717) is 5.92 Å². The van der Waals surface area contributed by atoms with Gasteiger partial charge in [-0.1, -0.05) is 30.3 Å². The Balaban J connectivity index is 1.80. The van der Waals surface area contributed by atoms with Crippen molar-refractivity contribution in [2.75, 3.05) is 13.1 Å². The Bertz CT molecular complexity index is 745. The number of hydrogen-bond acceptors (Lipinski definition) is 4. The van der Waals surface area contributed by atoms with Gasteiger partial charge in [-0.2, -0.15) is 0 Å². The van der Waals surface area contributed by atoms with Gasteiger partial charge in [0, 0.05) is 16.2 Å². The lowest BCUT2D eigenvalue weighted by Crippen LogP contribution is -2.27. The van der Waals surface area contributed by atoms with E-state index >= 15 is 0 Å². The molecule has 0 aliphatic carbocycles. The topological polar surface area (TPSA) is 37.8 Å². The minimum absolute atomic E-state index is 0.565. The van der Waals surface area contributed by atoms with Gasteiger partial charge in [0.2, 0.25) is 0 Å². The monoisotopic (exact) mass is 295 g/mol. The third kappa shape index (κ3) is 2.45. The van der Waals surface area contributed by atoms with E-state index in [1.165, 1.54) is 34.4 Å². The number of piperidine rings is 1. The molecule has 0 radical (unpaired) electrons. The average molecular weight is 295 g/mol. The highest BCUT2D eigenvalue weighted by Crippen LogP contribution is 2.36. The number of fused-ring (bicyclic) bond motifs is 1. The molecular weight excluding hydrogens is 278 g/mol. The van der Waals surface area contributed by atoms with Crippen LogP contribution in [0.2, 0.25) is 0 Å². The minimum Gasteiger partial charge on any atom is -0.317 e. The fourth-order valence-electron chi connectivity index (χ4n) is 3.04. The fourth-order valence-corrected chi connectivity index (χ4v) is 4.05. The van der Waals surface area contributed by atoms with E-state index in [0.717, 1.165) is 17.9 Å². The zero-order chi connectivity index (χ0) is 14.1. The van der Waals surface area contributed by atoms with Gasteiger partial charge in [-0.15, -0.1) is 11.3 Å². The van der Waals surface area contributed by atoms with Crippen LogP contribution >= 0.6 is 11.3 Å². The highest BCUT2D eigenvalue weighted by atomic mass is 32.1. The van der Waals surface area contributed by atoms with Gasteiger partial charge in [0.25, 0.3) is 0 Å². The van der Waals surface area contributed by atoms with Gasteiger partial charge >= 0.3 is 0 Å². The van der Waals surface area contributed by atoms with Crippen LogP contribution in [0.4, 0.5) is 0 Å². The SMILES string of the molecule is c1ccc(-c2cc3c(C4CCNCC4)ncnc3s2)cc1. The van der Waals surface area contributed by atoms with Crippen LogP contribution in [0, 0.1) is 0 Å². The van der Waals surface area contributed by atoms with Crippen molar-refractivity contribution < 1.29 is 0 Å². The number of benzene rings is 1. The van der Waals surface area contributed by atoms with E-state index in [4.69, 9.17) is 0 Å². The van der Waals surface area contributed by atoms with Gasteiger partial charge in [0.15, 0.2) is 0 Å². The summed E-state index contributed by atoms with van der Waals surface area (Å²) in [5, 5.41) is 4.67. The molecule has 2 aromatic heterocycles. The minimum atomic E-state index is 0.565. The quantitative estimate of drug-likeness (QED) is 0.781. The molecule has 0 bridgehead atoms. The normalized spacial score (nSPS) is 16.4. The largest absolute Gasteiger partial charge is 0.317 e. The highest BCUT2D eigenvalue weighted by molar-refractivity contribution is 7.21. The lowest BCUT2D eigenvalue weighted by molar-refractivity contribution is 0.455. The molecule has 0 amide bonds. The number of nitrogens with one attached hydrogen (secondary N) is 1. The number of hydrogen-bond donors (Lipinski definition) is 1. The number of nitrogens with zero attached hydrogens (tertiary/aromatic N) is 2. The second-order valence-corrected chi connectivity index (χ2v) is 6.51. The molecular formula is C17H17N3S. The second-order valence-electron chi connectivity index (χ2n) is 5.48. The van der Waals surface area contributed by atoms with Crippen molar-refractivity contribution in [2.24, 2.45) is 0 Å². The van der Waals surface area contributed by atoms with E-state index in [1.807, 2.05) is 0 Å². The van der Waals surface area contributed by atoms with E-state index in [9.17, 15) is 0 Å². The maximum absolute atomic E-state index is 4.61. The molecule has 0 saturated carbocycles. The van der Waals surface area contributed by atoms with Crippen molar-refractivity contribution >= 4 is 21.6 Å². The van der Waals surface area contributed by atoms with E-state index < -0.39 is 0 Å². The van der Waals surface area contributed by atoms with Crippen LogP contribution in [0.15, 0.2) is 42.7 Å². The first-order chi connectivity index (χ1) is 10.4. The molecule has 4 heteroatoms. The van der Waals surface area contributed by atoms with Gasteiger partial charge in [-0.3, -0.25) is 0 Å². The molecule has 21 heavy (non-hydrogen) atoms. The van der Waals surface area contributed by atoms with Gasteiger partial charge in [0.05, 0.1) is 5.69 Å². The zero-order valence-electron chi connectivity index (χ0n) is 11.7. The summed E-state index contributed by atoms with van der Waals surface area (Å²) in [6.07, 6.45) is 4.07. The molecule has 1 saturated heterocycles. The Hall–Kier alpha value is -1.78. The molecule has 3 aromatic rings. The highest BCUT2D eigenvalue weighted by Gasteiger charge is 2.20. The van der Waals surface area contributed by atoms with Crippen LogP contribution in [0.25, 0.3) is 20.7 Å². The third-order valence-electron chi connectivity index (χ3n) is 4.14. The van der Waals surface area contributed by atoms with Gasteiger partial charge in [0.1, 0.15) is 11.2 Å². The molecule has 3 nitrogen and oxygen atoms in total. The molecule has 1 aromatic carbocycles. The lowest BCUT2D eigenvalue weighted by Gasteiger charge is -2.22. The third-order valence-corrected chi connectivity index (χ3v) is 5.24. The van der Waals surface area contributed by atoms with Crippen LogP contribution < -0.4 is 5.32 Å². The lowest BCUT2D eigenvalue weighted by atomic mass is 9.93. The smallest absolute Gasteiger partial charge is 0.127 e. The maximum atomic E-state index is 4.61. The summed E-state index contributed by atoms with van der Waals surface area (Å²) in [6.45, 7) is 2.18. The molecule has 4 rings (SSSR count). The summed E-state index contributed by atoms with van der Waals surface area (Å²) in [5.41, 5.74) is 2.50. The molecule has 1 aliphatic rings. The number of rotatable bonds is 2. The van der Waals surface area contributed by atoms with Crippen LogP contribution in [-0.4, -0.2) is 23.1 Å². The molecule has 0 unspecified atom stereocenters. The molecule has 0 spiro atoms. The zero-order valence-corrected chi connectivity index (χ0v) is 12.6. The van der Waals surface area contributed by atoms with Gasteiger partial charge < -0.3 is 5.32 Å². The van der Waals surface area contributed by atoms with Crippen molar-refractivity contribution in [2.45, 2.75) is 18.8 Å². The van der Waals surface area contributed by atoms with Crippen molar-refractivity contribution in [3.63, 3.8) is 0 Å². The molecule has 106 valence electrons. The summed E-state index contributed by atoms with van der Waals surface area (Å²) in [7, 11) is 0. The summed E-state index contributed by atoms with van der Waals surface area (Å²) in [5.74, 6) is 0.565. The van der Waals surface area contributed by atoms with E-state index in [-0.39, 0.29) is 0 Å². The predicted molar refractivity (Wildman–Crippen MR) is 87.7 cm³/mol. The first kappa shape index (κ1) is 12.9. The Labute approximate surface area is 128 Å². The Morgan fingerprint density at radius 3 is 2.67 bits per heavy atom. The molecule has 0 atom stereocenters. The van der Waals surface area contributed by atoms with Crippen LogP contribution in [0.1, 0.15) is 24.5 Å². The summed E-state index contributed by atoms with van der Waals surface area (Å²) in [6, 6.07) is 12.8. The summed E-state index contributed by atoms with van der Waals surface area (Å²) < 4.78 is 0. The van der Waals surface area contributed by atoms with E-state index in [1.54, 1.807) is 17.7 Å². The number of thiophene rings is 1. The first-order valence-corrected chi connectivity index (χ1v) is 8.24. The first-order valence-electron chi connectivity index (χ1n) is 7.42. The molecule has 1 fully saturated rings. The Kier molecular flexibility index (Phi) is 3.41. The Morgan fingerprint density at radius 1 is 1.05 bits per heavy atom. The summed E-state index contributed by atoms with van der Waals surface area (Å²) >= 11 is 1.76. The molecule has 1 N–H and O–H groups in total. The summed E-state index contributed by atoms with van der Waals surface area (Å²) in [4.78, 5) is 11.5. The van der Waals surface area contributed by atoms with Crippen molar-refractivity contribution in [1.29, 1.82) is 0 Å². The van der Waals surface area contributed by atoms with Crippen LogP contribution in [0.3, 0.4) is 0 Å². The second kappa shape index (κ2) is 5.54. The molecule has 3 heterocycles. The van der Waals surface area contributed by atoms with Crippen LogP contribution in [0.5, 0.6) is 0 Å². The standard InChI is InChI=1S/C17H17N3S/c1-2-4-12(5-3-1)15-10-14-16(13-6-8-18-9-7-13)19-11-20-17(14)21-15/h1-5,10-11,13,18H,6-9H2. The maximum Gasteiger partial charge on any atom is 0.127 e. The van der Waals surface area contributed by atoms with Crippen molar-refractivity contribution in [3.8, 4) is 10.4 Å². The average Bonchev–Trinajstić information content (AvgIpc) is 3.00. The van der Waals surface area contributed by atoms with Gasteiger partial charge in [-0.05, 0) is 37.6 Å². The number of aromatic nitrogens is 2. The van der Waals surface area contributed by atoms with Gasteiger partial charge in [-0.25, -0.2) is 9.97 Å². The van der Waals surface area contributed by atoms with Crippen molar-refractivity contribution in [1.82, 2.24) is 15.3 Å². The Morgan fingerprint density at radius 2 is 1.86 bits per heavy atom.